The van der Waals surface area contributed by atoms with Crippen molar-refractivity contribution < 1.29 is 23.5 Å². The highest BCUT2D eigenvalue weighted by molar-refractivity contribution is 5.86. The van der Waals surface area contributed by atoms with Gasteiger partial charge >= 0.3 is 5.97 Å². The Morgan fingerprint density at radius 3 is 2.56 bits per heavy atom. The van der Waals surface area contributed by atoms with E-state index >= 15 is 0 Å². The summed E-state index contributed by atoms with van der Waals surface area (Å²) >= 11 is 0. The number of rotatable bonds is 4. The quantitative estimate of drug-likeness (QED) is 0.843. The van der Waals surface area contributed by atoms with Gasteiger partial charge in [0.15, 0.2) is 6.10 Å². The fraction of sp³-hybridized carbons (Fsp3) is 0.308. The molecular weight excluding hydrogens is 236 g/mol. The highest BCUT2D eigenvalue weighted by Crippen LogP contribution is 2.25. The standard InChI is InChI=1S/C13H14O5/c1-3-8-4-5-9(17-8)12(14)10-6-7-11(18-10)13(15)16-2/h4-7,12,14H,3H2,1-2H3. The van der Waals surface area contributed by atoms with Gasteiger partial charge in [-0.1, -0.05) is 6.92 Å². The number of ether oxygens (including phenoxy) is 1. The number of carbonyl (C=O) groups excluding carboxylic acids is 1. The molecule has 0 aliphatic rings. The first-order valence-electron chi connectivity index (χ1n) is 5.60. The lowest BCUT2D eigenvalue weighted by Gasteiger charge is -2.03. The van der Waals surface area contributed by atoms with Crippen LogP contribution in [-0.2, 0) is 11.2 Å². The van der Waals surface area contributed by atoms with E-state index in [0.717, 1.165) is 12.2 Å². The highest BCUT2D eigenvalue weighted by atomic mass is 16.5. The fourth-order valence-electron chi connectivity index (χ4n) is 1.58. The van der Waals surface area contributed by atoms with E-state index in [4.69, 9.17) is 8.83 Å². The van der Waals surface area contributed by atoms with Gasteiger partial charge in [0.05, 0.1) is 7.11 Å². The van der Waals surface area contributed by atoms with Crippen LogP contribution in [0.25, 0.3) is 0 Å². The minimum Gasteiger partial charge on any atom is -0.463 e. The van der Waals surface area contributed by atoms with Crippen LogP contribution < -0.4 is 0 Å². The molecule has 2 rings (SSSR count). The first-order valence-corrected chi connectivity index (χ1v) is 5.60. The molecule has 96 valence electrons. The zero-order chi connectivity index (χ0) is 13.1. The maximum absolute atomic E-state index is 11.2. The Kier molecular flexibility index (Phi) is 3.53. The lowest BCUT2D eigenvalue weighted by atomic mass is 10.2. The minimum atomic E-state index is -1.02. The van der Waals surface area contributed by atoms with Gasteiger partial charge < -0.3 is 18.7 Å². The van der Waals surface area contributed by atoms with Gasteiger partial charge in [-0.05, 0) is 24.3 Å². The Bertz CT molecular complexity index is 537. The first kappa shape index (κ1) is 12.4. The Balaban J connectivity index is 2.20. The number of hydrogen-bond acceptors (Lipinski definition) is 5. The molecule has 0 aliphatic carbocycles. The summed E-state index contributed by atoms with van der Waals surface area (Å²) in [7, 11) is 1.26. The van der Waals surface area contributed by atoms with Crippen molar-refractivity contribution in [1.82, 2.24) is 0 Å². The summed E-state index contributed by atoms with van der Waals surface area (Å²) in [6.07, 6.45) is -0.276. The summed E-state index contributed by atoms with van der Waals surface area (Å²) < 4.78 is 15.1. The topological polar surface area (TPSA) is 72.8 Å². The minimum absolute atomic E-state index is 0.0498. The van der Waals surface area contributed by atoms with Crippen molar-refractivity contribution in [2.24, 2.45) is 0 Å². The molecule has 1 atom stereocenters. The molecule has 2 heterocycles. The lowest BCUT2D eigenvalue weighted by molar-refractivity contribution is 0.0556. The van der Waals surface area contributed by atoms with Gasteiger partial charge in [0, 0.05) is 6.42 Å². The summed E-state index contributed by atoms with van der Waals surface area (Å²) in [5, 5.41) is 10.0. The average Bonchev–Trinajstić information content (AvgIpc) is 3.05. The van der Waals surface area contributed by atoms with Gasteiger partial charge in [0.2, 0.25) is 5.76 Å². The van der Waals surface area contributed by atoms with Crippen molar-refractivity contribution in [1.29, 1.82) is 0 Å². The van der Waals surface area contributed by atoms with Gasteiger partial charge in [-0.15, -0.1) is 0 Å². The van der Waals surface area contributed by atoms with E-state index in [1.165, 1.54) is 19.2 Å². The number of esters is 1. The van der Waals surface area contributed by atoms with E-state index in [0.29, 0.717) is 5.76 Å². The largest absolute Gasteiger partial charge is 0.463 e. The van der Waals surface area contributed by atoms with E-state index in [2.05, 4.69) is 4.74 Å². The molecule has 5 heteroatoms. The molecule has 0 aromatic carbocycles. The monoisotopic (exact) mass is 250 g/mol. The van der Waals surface area contributed by atoms with Crippen LogP contribution in [-0.4, -0.2) is 18.2 Å². The summed E-state index contributed by atoms with van der Waals surface area (Å²) in [4.78, 5) is 11.2. The molecule has 0 aliphatic heterocycles. The van der Waals surface area contributed by atoms with Gasteiger partial charge in [0.25, 0.3) is 0 Å². The third-order valence-corrected chi connectivity index (χ3v) is 2.58. The number of aliphatic hydroxyl groups excluding tert-OH is 1. The van der Waals surface area contributed by atoms with E-state index in [-0.39, 0.29) is 11.5 Å². The summed E-state index contributed by atoms with van der Waals surface area (Å²) in [6.45, 7) is 1.96. The van der Waals surface area contributed by atoms with E-state index in [1.54, 1.807) is 12.1 Å². The molecule has 0 saturated heterocycles. The van der Waals surface area contributed by atoms with E-state index in [9.17, 15) is 9.90 Å². The molecule has 0 fully saturated rings. The Morgan fingerprint density at radius 1 is 1.28 bits per heavy atom. The molecule has 5 nitrogen and oxygen atoms in total. The Labute approximate surface area is 104 Å². The Morgan fingerprint density at radius 2 is 1.94 bits per heavy atom. The first-order chi connectivity index (χ1) is 8.65. The second kappa shape index (κ2) is 5.10. The van der Waals surface area contributed by atoms with E-state index < -0.39 is 12.1 Å². The number of aliphatic hydroxyl groups is 1. The lowest BCUT2D eigenvalue weighted by Crippen LogP contribution is -1.99. The van der Waals surface area contributed by atoms with E-state index in [1.807, 2.05) is 6.92 Å². The van der Waals surface area contributed by atoms with Gasteiger partial charge in [0.1, 0.15) is 17.3 Å². The number of furan rings is 2. The molecule has 1 N–H and O–H groups in total. The van der Waals surface area contributed by atoms with Crippen molar-refractivity contribution >= 4 is 5.97 Å². The van der Waals surface area contributed by atoms with Crippen LogP contribution in [0.5, 0.6) is 0 Å². The van der Waals surface area contributed by atoms with Crippen molar-refractivity contribution in [3.8, 4) is 0 Å². The maximum atomic E-state index is 11.2. The van der Waals surface area contributed by atoms with Crippen molar-refractivity contribution in [2.45, 2.75) is 19.4 Å². The number of carbonyl (C=O) groups is 1. The molecule has 0 saturated carbocycles. The number of aryl methyl sites for hydroxylation is 1. The van der Waals surface area contributed by atoms with Gasteiger partial charge in [-0.2, -0.15) is 0 Å². The molecule has 1 unspecified atom stereocenters. The van der Waals surface area contributed by atoms with Crippen molar-refractivity contribution in [3.05, 3.63) is 47.3 Å². The third kappa shape index (κ3) is 2.31. The second-order valence-electron chi connectivity index (χ2n) is 3.75. The van der Waals surface area contributed by atoms with Crippen LogP contribution in [0.4, 0.5) is 0 Å². The molecule has 0 radical (unpaired) electrons. The molecule has 18 heavy (non-hydrogen) atoms. The average molecular weight is 250 g/mol. The predicted molar refractivity (Wildman–Crippen MR) is 62.2 cm³/mol. The molecule has 2 aromatic rings. The summed E-state index contributed by atoms with van der Waals surface area (Å²) in [5.41, 5.74) is 0. The molecular formula is C13H14O5. The highest BCUT2D eigenvalue weighted by Gasteiger charge is 2.20. The van der Waals surface area contributed by atoms with Crippen LogP contribution in [0, 0.1) is 0 Å². The number of hydrogen-bond donors (Lipinski definition) is 1. The predicted octanol–water partition coefficient (Wildman–Crippen LogP) is 2.30. The third-order valence-electron chi connectivity index (χ3n) is 2.58. The summed E-state index contributed by atoms with van der Waals surface area (Å²) in [6, 6.07) is 6.45. The SMILES string of the molecule is CCc1ccc(C(O)c2ccc(C(=O)OC)o2)o1. The molecule has 0 amide bonds. The van der Waals surface area contributed by atoms with Crippen LogP contribution in [0.3, 0.4) is 0 Å². The fourth-order valence-corrected chi connectivity index (χ4v) is 1.58. The van der Waals surface area contributed by atoms with Crippen molar-refractivity contribution in [3.63, 3.8) is 0 Å². The zero-order valence-corrected chi connectivity index (χ0v) is 10.2. The van der Waals surface area contributed by atoms with Crippen LogP contribution >= 0.6 is 0 Å². The molecule has 2 aromatic heterocycles. The number of methoxy groups -OCH3 is 1. The normalized spacial score (nSPS) is 12.4. The van der Waals surface area contributed by atoms with Gasteiger partial charge in [-0.25, -0.2) is 4.79 Å². The second-order valence-corrected chi connectivity index (χ2v) is 3.75. The Hall–Kier alpha value is -2.01. The summed E-state index contributed by atoms with van der Waals surface area (Å²) in [5.74, 6) is 0.879. The van der Waals surface area contributed by atoms with Gasteiger partial charge in [-0.3, -0.25) is 0 Å². The maximum Gasteiger partial charge on any atom is 0.373 e. The smallest absolute Gasteiger partial charge is 0.373 e. The van der Waals surface area contributed by atoms with Crippen LogP contribution in [0.15, 0.2) is 33.1 Å². The van der Waals surface area contributed by atoms with Crippen LogP contribution in [0.2, 0.25) is 0 Å². The molecule has 0 spiro atoms. The molecule has 0 bridgehead atoms. The zero-order valence-electron chi connectivity index (χ0n) is 10.2. The van der Waals surface area contributed by atoms with Crippen molar-refractivity contribution in [2.75, 3.05) is 7.11 Å². The van der Waals surface area contributed by atoms with Crippen LogP contribution in [0.1, 0.15) is 40.9 Å².